The highest BCUT2D eigenvalue weighted by Crippen LogP contribution is 2.44. The van der Waals surface area contributed by atoms with Gasteiger partial charge in [0.05, 0.1) is 25.9 Å². The zero-order valence-corrected chi connectivity index (χ0v) is 21.8. The van der Waals surface area contributed by atoms with E-state index in [0.29, 0.717) is 46.1 Å². The van der Waals surface area contributed by atoms with E-state index in [9.17, 15) is 4.79 Å². The standard InChI is InChI=1S/C31H30O7/c1-19(2)36-23-14-15-25-24(17-23)28(21-10-12-22(33-3)13-11-21)29(31(32)34-4)30(38-25)26-18-35-27(37-26)16-20-8-6-5-7-9-20/h5-15,17-19,27,30H,16H2,1-4H3. The predicted molar refractivity (Wildman–Crippen MR) is 142 cm³/mol. The molecule has 5 rings (SSSR count). The molecule has 0 aromatic heterocycles. The number of carbonyl (C=O) groups excluding carboxylic acids is 1. The largest absolute Gasteiger partial charge is 0.497 e. The zero-order chi connectivity index (χ0) is 26.6. The molecule has 0 bridgehead atoms. The number of carbonyl (C=O) groups is 1. The third-order valence-corrected chi connectivity index (χ3v) is 6.26. The molecule has 196 valence electrons. The highest BCUT2D eigenvalue weighted by atomic mass is 16.7. The maximum Gasteiger partial charge on any atom is 0.338 e. The fourth-order valence-corrected chi connectivity index (χ4v) is 4.57. The van der Waals surface area contributed by atoms with Gasteiger partial charge in [-0.15, -0.1) is 0 Å². The minimum Gasteiger partial charge on any atom is -0.497 e. The SMILES string of the molecule is COC(=O)C1=C(c2ccc(OC)cc2)c2cc(OC(C)C)ccc2OC1C1=COC(Cc2ccccc2)O1. The summed E-state index contributed by atoms with van der Waals surface area (Å²) in [5, 5.41) is 0. The Balaban J connectivity index is 1.58. The van der Waals surface area contributed by atoms with Crippen molar-refractivity contribution in [3.63, 3.8) is 0 Å². The third kappa shape index (κ3) is 5.18. The number of hydrogen-bond acceptors (Lipinski definition) is 7. The molecule has 3 aromatic carbocycles. The second kappa shape index (κ2) is 10.9. The maximum absolute atomic E-state index is 13.3. The molecule has 3 aromatic rings. The van der Waals surface area contributed by atoms with Gasteiger partial charge in [0.15, 0.2) is 11.9 Å². The Bertz CT molecular complexity index is 1360. The van der Waals surface area contributed by atoms with Gasteiger partial charge in [0.1, 0.15) is 23.5 Å². The van der Waals surface area contributed by atoms with Crippen molar-refractivity contribution in [1.29, 1.82) is 0 Å². The average Bonchev–Trinajstić information content (AvgIpc) is 3.40. The molecule has 0 radical (unpaired) electrons. The average molecular weight is 515 g/mol. The van der Waals surface area contributed by atoms with Gasteiger partial charge in [-0.05, 0) is 55.3 Å². The van der Waals surface area contributed by atoms with Crippen LogP contribution in [0.15, 0.2) is 90.4 Å². The van der Waals surface area contributed by atoms with Crippen LogP contribution in [0.25, 0.3) is 5.57 Å². The van der Waals surface area contributed by atoms with Gasteiger partial charge in [-0.1, -0.05) is 42.5 Å². The van der Waals surface area contributed by atoms with Crippen molar-refractivity contribution >= 4 is 11.5 Å². The molecule has 7 heteroatoms. The Kier molecular flexibility index (Phi) is 7.26. The molecule has 0 fully saturated rings. The summed E-state index contributed by atoms with van der Waals surface area (Å²) in [7, 11) is 2.96. The molecule has 0 aliphatic carbocycles. The molecule has 2 unspecified atom stereocenters. The van der Waals surface area contributed by atoms with Crippen LogP contribution in [0.1, 0.15) is 30.5 Å². The van der Waals surface area contributed by atoms with Crippen LogP contribution in [0.4, 0.5) is 0 Å². The number of hydrogen-bond donors (Lipinski definition) is 0. The van der Waals surface area contributed by atoms with Gasteiger partial charge in [0, 0.05) is 17.6 Å². The fourth-order valence-electron chi connectivity index (χ4n) is 4.57. The Morgan fingerprint density at radius 3 is 2.34 bits per heavy atom. The highest BCUT2D eigenvalue weighted by molar-refractivity contribution is 6.05. The van der Waals surface area contributed by atoms with E-state index in [1.807, 2.05) is 86.6 Å². The van der Waals surface area contributed by atoms with E-state index in [1.54, 1.807) is 7.11 Å². The minimum absolute atomic E-state index is 0.0189. The van der Waals surface area contributed by atoms with Gasteiger partial charge < -0.3 is 28.4 Å². The summed E-state index contributed by atoms with van der Waals surface area (Å²) >= 11 is 0. The Morgan fingerprint density at radius 2 is 1.66 bits per heavy atom. The molecule has 0 spiro atoms. The van der Waals surface area contributed by atoms with E-state index >= 15 is 0 Å². The molecule has 2 atom stereocenters. The van der Waals surface area contributed by atoms with Gasteiger partial charge in [0.25, 0.3) is 0 Å². The summed E-state index contributed by atoms with van der Waals surface area (Å²) in [6, 6.07) is 23.0. The molecule has 0 N–H and O–H groups in total. The lowest BCUT2D eigenvalue weighted by Gasteiger charge is -2.31. The van der Waals surface area contributed by atoms with E-state index in [-0.39, 0.29) is 6.10 Å². The van der Waals surface area contributed by atoms with Crippen molar-refractivity contribution in [3.8, 4) is 17.2 Å². The number of benzene rings is 3. The van der Waals surface area contributed by atoms with Crippen molar-refractivity contribution in [2.24, 2.45) is 0 Å². The summed E-state index contributed by atoms with van der Waals surface area (Å²) in [4.78, 5) is 13.3. The van der Waals surface area contributed by atoms with Gasteiger partial charge in [0.2, 0.25) is 6.29 Å². The van der Waals surface area contributed by atoms with Crippen LogP contribution in [0, 0.1) is 0 Å². The molecular weight excluding hydrogens is 484 g/mol. The van der Waals surface area contributed by atoms with Crippen LogP contribution in [0.5, 0.6) is 17.2 Å². The maximum atomic E-state index is 13.3. The third-order valence-electron chi connectivity index (χ3n) is 6.26. The second-order valence-electron chi connectivity index (χ2n) is 9.22. The van der Waals surface area contributed by atoms with Gasteiger partial charge in [-0.3, -0.25) is 0 Å². The quantitative estimate of drug-likeness (QED) is 0.359. The Morgan fingerprint density at radius 1 is 0.921 bits per heavy atom. The van der Waals surface area contributed by atoms with Crippen LogP contribution in [-0.2, 0) is 25.4 Å². The van der Waals surface area contributed by atoms with Crippen LogP contribution >= 0.6 is 0 Å². The van der Waals surface area contributed by atoms with Crippen LogP contribution in [-0.4, -0.2) is 38.7 Å². The van der Waals surface area contributed by atoms with Crippen LogP contribution < -0.4 is 14.2 Å². The summed E-state index contributed by atoms with van der Waals surface area (Å²) in [5.74, 6) is 1.82. The molecule has 7 nitrogen and oxygen atoms in total. The van der Waals surface area contributed by atoms with E-state index in [4.69, 9.17) is 28.4 Å². The van der Waals surface area contributed by atoms with Gasteiger partial charge in [-0.2, -0.15) is 0 Å². The molecule has 0 saturated heterocycles. The summed E-state index contributed by atoms with van der Waals surface area (Å²) < 4.78 is 34.9. The smallest absolute Gasteiger partial charge is 0.338 e. The number of rotatable bonds is 8. The van der Waals surface area contributed by atoms with Crippen LogP contribution in [0.3, 0.4) is 0 Å². The Hall–Kier alpha value is -4.39. The van der Waals surface area contributed by atoms with E-state index < -0.39 is 18.4 Å². The lowest BCUT2D eigenvalue weighted by atomic mass is 9.87. The molecule has 2 heterocycles. The van der Waals surface area contributed by atoms with Crippen molar-refractivity contribution in [2.45, 2.75) is 38.8 Å². The first-order valence-electron chi connectivity index (χ1n) is 12.5. The van der Waals surface area contributed by atoms with Crippen molar-refractivity contribution < 1.29 is 33.2 Å². The zero-order valence-electron chi connectivity index (χ0n) is 21.8. The molecule has 2 aliphatic rings. The monoisotopic (exact) mass is 514 g/mol. The first kappa shape index (κ1) is 25.3. The minimum atomic E-state index is -0.871. The summed E-state index contributed by atoms with van der Waals surface area (Å²) in [6.45, 7) is 3.92. The molecular formula is C31H30O7. The normalized spacial score (nSPS) is 18.1. The molecule has 2 aliphatic heterocycles. The van der Waals surface area contributed by atoms with Gasteiger partial charge in [-0.25, -0.2) is 4.79 Å². The summed E-state index contributed by atoms with van der Waals surface area (Å²) in [6.07, 6.45) is 0.637. The van der Waals surface area contributed by atoms with Gasteiger partial charge >= 0.3 is 5.97 Å². The Labute approximate surface area is 222 Å². The first-order valence-corrected chi connectivity index (χ1v) is 12.5. The predicted octanol–water partition coefficient (Wildman–Crippen LogP) is 5.68. The molecule has 0 amide bonds. The number of fused-ring (bicyclic) bond motifs is 1. The first-order chi connectivity index (χ1) is 18.5. The fraction of sp³-hybridized carbons (Fsp3) is 0.258. The molecule has 0 saturated carbocycles. The number of esters is 1. The lowest BCUT2D eigenvalue weighted by molar-refractivity contribution is -0.137. The van der Waals surface area contributed by atoms with Crippen molar-refractivity contribution in [1.82, 2.24) is 0 Å². The van der Waals surface area contributed by atoms with Crippen LogP contribution in [0.2, 0.25) is 0 Å². The van der Waals surface area contributed by atoms with Crippen molar-refractivity contribution in [3.05, 3.63) is 107 Å². The summed E-state index contributed by atoms with van der Waals surface area (Å²) in [5.41, 5.74) is 3.55. The highest BCUT2D eigenvalue weighted by Gasteiger charge is 2.40. The number of methoxy groups -OCH3 is 2. The molecule has 38 heavy (non-hydrogen) atoms. The topological polar surface area (TPSA) is 72.5 Å². The van der Waals surface area contributed by atoms with E-state index in [0.717, 1.165) is 11.1 Å². The second-order valence-corrected chi connectivity index (χ2v) is 9.22. The van der Waals surface area contributed by atoms with Crippen molar-refractivity contribution in [2.75, 3.05) is 14.2 Å². The van der Waals surface area contributed by atoms with E-state index in [1.165, 1.54) is 13.4 Å². The number of ether oxygens (including phenoxy) is 6. The lowest BCUT2D eigenvalue weighted by Crippen LogP contribution is -2.33. The van der Waals surface area contributed by atoms with E-state index in [2.05, 4.69) is 0 Å².